The fourth-order valence-corrected chi connectivity index (χ4v) is 2.52. The number of piperidine rings is 1. The minimum absolute atomic E-state index is 0.141. The highest BCUT2D eigenvalue weighted by atomic mass is 35.5. The standard InChI is InChI=1S/C15H23ClN2O/c1-11(2)19-15-7-6-12(9-14(15)16)18-10-13-5-3-4-8-17-13/h6-7,9,11,13,17-18H,3-5,8,10H2,1-2H3. The van der Waals surface area contributed by atoms with Gasteiger partial charge in [0.2, 0.25) is 0 Å². The molecule has 1 fully saturated rings. The third-order valence-corrected chi connectivity index (χ3v) is 3.55. The molecule has 0 spiro atoms. The van der Waals surface area contributed by atoms with Crippen LogP contribution in [-0.2, 0) is 0 Å². The van der Waals surface area contributed by atoms with Gasteiger partial charge < -0.3 is 15.4 Å². The summed E-state index contributed by atoms with van der Waals surface area (Å²) in [5.41, 5.74) is 1.05. The Kier molecular flexibility index (Phi) is 5.34. The van der Waals surface area contributed by atoms with Crippen molar-refractivity contribution in [2.45, 2.75) is 45.3 Å². The van der Waals surface area contributed by atoms with E-state index in [-0.39, 0.29) is 6.10 Å². The van der Waals surface area contributed by atoms with Gasteiger partial charge in [-0.2, -0.15) is 0 Å². The molecule has 0 aliphatic carbocycles. The van der Waals surface area contributed by atoms with Gasteiger partial charge in [0.15, 0.2) is 0 Å². The predicted molar refractivity (Wildman–Crippen MR) is 81.3 cm³/mol. The van der Waals surface area contributed by atoms with Crippen LogP contribution < -0.4 is 15.4 Å². The van der Waals surface area contributed by atoms with Gasteiger partial charge >= 0.3 is 0 Å². The van der Waals surface area contributed by atoms with Crippen molar-refractivity contribution in [3.8, 4) is 5.75 Å². The highest BCUT2D eigenvalue weighted by molar-refractivity contribution is 6.32. The van der Waals surface area contributed by atoms with E-state index in [2.05, 4.69) is 10.6 Å². The second kappa shape index (κ2) is 7.01. The van der Waals surface area contributed by atoms with Crippen LogP contribution in [0.2, 0.25) is 5.02 Å². The van der Waals surface area contributed by atoms with Crippen LogP contribution in [0.4, 0.5) is 5.69 Å². The molecule has 0 radical (unpaired) electrons. The van der Waals surface area contributed by atoms with Crippen LogP contribution in [0.5, 0.6) is 5.75 Å². The lowest BCUT2D eigenvalue weighted by molar-refractivity contribution is 0.242. The Morgan fingerprint density at radius 1 is 1.42 bits per heavy atom. The van der Waals surface area contributed by atoms with E-state index < -0.39 is 0 Å². The molecule has 1 heterocycles. The maximum atomic E-state index is 6.21. The van der Waals surface area contributed by atoms with Gasteiger partial charge in [-0.3, -0.25) is 0 Å². The summed E-state index contributed by atoms with van der Waals surface area (Å²) in [7, 11) is 0. The summed E-state index contributed by atoms with van der Waals surface area (Å²) in [4.78, 5) is 0. The summed E-state index contributed by atoms with van der Waals surface area (Å²) >= 11 is 6.21. The second-order valence-corrected chi connectivity index (χ2v) is 5.75. The van der Waals surface area contributed by atoms with Crippen molar-refractivity contribution in [2.75, 3.05) is 18.4 Å². The lowest BCUT2D eigenvalue weighted by Crippen LogP contribution is -2.39. The Bertz CT molecular complexity index is 403. The molecular weight excluding hydrogens is 260 g/mol. The van der Waals surface area contributed by atoms with Crippen LogP contribution in [0.3, 0.4) is 0 Å². The van der Waals surface area contributed by atoms with Crippen molar-refractivity contribution < 1.29 is 4.74 Å². The van der Waals surface area contributed by atoms with Crippen molar-refractivity contribution in [3.05, 3.63) is 23.2 Å². The minimum Gasteiger partial charge on any atom is -0.489 e. The number of ether oxygens (including phenoxy) is 1. The van der Waals surface area contributed by atoms with E-state index in [1.807, 2.05) is 32.0 Å². The maximum Gasteiger partial charge on any atom is 0.138 e. The molecule has 0 saturated carbocycles. The summed E-state index contributed by atoms with van der Waals surface area (Å²) in [6.07, 6.45) is 4.00. The molecule has 1 aromatic carbocycles. The zero-order valence-corrected chi connectivity index (χ0v) is 12.5. The number of hydrogen-bond donors (Lipinski definition) is 2. The number of anilines is 1. The largest absolute Gasteiger partial charge is 0.489 e. The van der Waals surface area contributed by atoms with Crippen LogP contribution in [0.15, 0.2) is 18.2 Å². The number of rotatable bonds is 5. The fraction of sp³-hybridized carbons (Fsp3) is 0.600. The summed E-state index contributed by atoms with van der Waals surface area (Å²) in [5.74, 6) is 0.748. The second-order valence-electron chi connectivity index (χ2n) is 5.34. The molecule has 0 amide bonds. The SMILES string of the molecule is CC(C)Oc1ccc(NCC2CCCCN2)cc1Cl. The predicted octanol–water partition coefficient (Wildman–Crippen LogP) is 3.68. The molecule has 4 heteroatoms. The van der Waals surface area contributed by atoms with E-state index in [1.165, 1.54) is 19.3 Å². The van der Waals surface area contributed by atoms with Crippen LogP contribution in [0.1, 0.15) is 33.1 Å². The summed E-state index contributed by atoms with van der Waals surface area (Å²) in [6, 6.07) is 6.45. The molecule has 1 aliphatic heterocycles. The number of hydrogen-bond acceptors (Lipinski definition) is 3. The first-order chi connectivity index (χ1) is 9.15. The molecule has 1 atom stereocenters. The molecule has 2 rings (SSSR count). The molecule has 1 unspecified atom stereocenters. The third-order valence-electron chi connectivity index (χ3n) is 3.26. The lowest BCUT2D eigenvalue weighted by Gasteiger charge is -2.24. The molecule has 1 saturated heterocycles. The maximum absolute atomic E-state index is 6.21. The normalized spacial score (nSPS) is 19.5. The van der Waals surface area contributed by atoms with Gasteiger partial charge in [0, 0.05) is 18.3 Å². The van der Waals surface area contributed by atoms with Crippen molar-refractivity contribution >= 4 is 17.3 Å². The Morgan fingerprint density at radius 3 is 2.89 bits per heavy atom. The lowest BCUT2D eigenvalue weighted by atomic mass is 10.1. The molecule has 0 bridgehead atoms. The van der Waals surface area contributed by atoms with Gasteiger partial charge in [-0.05, 0) is 51.4 Å². The Hall–Kier alpha value is -0.930. The van der Waals surface area contributed by atoms with E-state index in [1.54, 1.807) is 0 Å². The van der Waals surface area contributed by atoms with Crippen molar-refractivity contribution in [1.29, 1.82) is 0 Å². The van der Waals surface area contributed by atoms with Crippen LogP contribution in [0.25, 0.3) is 0 Å². The minimum atomic E-state index is 0.141. The summed E-state index contributed by atoms with van der Waals surface area (Å²) < 4.78 is 5.62. The summed E-state index contributed by atoms with van der Waals surface area (Å²) in [6.45, 7) is 6.07. The average Bonchev–Trinajstić information content (AvgIpc) is 2.40. The number of benzene rings is 1. The first kappa shape index (κ1) is 14.5. The van der Waals surface area contributed by atoms with Crippen molar-refractivity contribution in [1.82, 2.24) is 5.32 Å². The number of halogens is 1. The monoisotopic (exact) mass is 282 g/mol. The smallest absolute Gasteiger partial charge is 0.138 e. The topological polar surface area (TPSA) is 33.3 Å². The van der Waals surface area contributed by atoms with Gasteiger partial charge in [-0.25, -0.2) is 0 Å². The van der Waals surface area contributed by atoms with Crippen LogP contribution >= 0.6 is 11.6 Å². The quantitative estimate of drug-likeness (QED) is 0.864. The van der Waals surface area contributed by atoms with Gasteiger partial charge in [0.05, 0.1) is 11.1 Å². The van der Waals surface area contributed by atoms with Crippen LogP contribution in [-0.4, -0.2) is 25.2 Å². The fourth-order valence-electron chi connectivity index (χ4n) is 2.30. The van der Waals surface area contributed by atoms with Gasteiger partial charge in [-0.15, -0.1) is 0 Å². The highest BCUT2D eigenvalue weighted by Gasteiger charge is 2.12. The number of nitrogens with one attached hydrogen (secondary N) is 2. The Balaban J connectivity index is 1.88. The van der Waals surface area contributed by atoms with Crippen molar-refractivity contribution in [3.63, 3.8) is 0 Å². The Labute approximate surface area is 120 Å². The van der Waals surface area contributed by atoms with E-state index in [4.69, 9.17) is 16.3 Å². The molecule has 1 aromatic rings. The molecule has 106 valence electrons. The molecular formula is C15H23ClN2O. The van der Waals surface area contributed by atoms with Crippen molar-refractivity contribution in [2.24, 2.45) is 0 Å². The zero-order chi connectivity index (χ0) is 13.7. The third kappa shape index (κ3) is 4.59. The first-order valence-electron chi connectivity index (χ1n) is 7.08. The highest BCUT2D eigenvalue weighted by Crippen LogP contribution is 2.28. The Morgan fingerprint density at radius 2 is 2.26 bits per heavy atom. The van der Waals surface area contributed by atoms with E-state index in [9.17, 15) is 0 Å². The average molecular weight is 283 g/mol. The summed E-state index contributed by atoms with van der Waals surface area (Å²) in [5, 5.41) is 7.62. The van der Waals surface area contributed by atoms with E-state index >= 15 is 0 Å². The molecule has 3 nitrogen and oxygen atoms in total. The van der Waals surface area contributed by atoms with Gasteiger partial charge in [0.25, 0.3) is 0 Å². The van der Waals surface area contributed by atoms with Gasteiger partial charge in [-0.1, -0.05) is 18.0 Å². The molecule has 19 heavy (non-hydrogen) atoms. The first-order valence-corrected chi connectivity index (χ1v) is 7.46. The molecule has 2 N–H and O–H groups in total. The van der Waals surface area contributed by atoms with Crippen LogP contribution in [0, 0.1) is 0 Å². The molecule has 0 aromatic heterocycles. The van der Waals surface area contributed by atoms with E-state index in [0.29, 0.717) is 11.1 Å². The van der Waals surface area contributed by atoms with Gasteiger partial charge in [0.1, 0.15) is 5.75 Å². The zero-order valence-electron chi connectivity index (χ0n) is 11.7. The molecule has 1 aliphatic rings. The van der Waals surface area contributed by atoms with E-state index in [0.717, 1.165) is 24.5 Å².